The van der Waals surface area contributed by atoms with Gasteiger partial charge in [0, 0.05) is 31.0 Å². The second kappa shape index (κ2) is 7.91. The van der Waals surface area contributed by atoms with E-state index in [4.69, 9.17) is 0 Å². The minimum absolute atomic E-state index is 0.0472. The summed E-state index contributed by atoms with van der Waals surface area (Å²) in [6.45, 7) is 7.75. The number of piperidine rings is 1. The van der Waals surface area contributed by atoms with Crippen molar-refractivity contribution in [1.82, 2.24) is 5.32 Å². The van der Waals surface area contributed by atoms with Gasteiger partial charge in [0.2, 0.25) is 5.91 Å². The highest BCUT2D eigenvalue weighted by Crippen LogP contribution is 2.24. The van der Waals surface area contributed by atoms with E-state index in [1.807, 2.05) is 6.92 Å². The summed E-state index contributed by atoms with van der Waals surface area (Å²) in [6, 6.07) is 8.39. The second-order valence-corrected chi connectivity index (χ2v) is 5.92. The minimum atomic E-state index is 0.0472. The molecule has 1 saturated heterocycles. The van der Waals surface area contributed by atoms with Crippen LogP contribution in [0.4, 0.5) is 11.4 Å². The third-order valence-corrected chi connectivity index (χ3v) is 4.04. The standard InChI is InChI=1S/C17H27N3O/c1-3-10-18-17(21)13-19-15-4-6-16(7-5-15)20-11-8-14(2)9-12-20/h4-7,14,19H,3,8-13H2,1-2H3,(H,18,21). The van der Waals surface area contributed by atoms with Crippen LogP contribution in [0.1, 0.15) is 33.1 Å². The molecule has 1 amide bonds. The van der Waals surface area contributed by atoms with Crippen LogP contribution in [0, 0.1) is 5.92 Å². The Kier molecular flexibility index (Phi) is 5.90. The Morgan fingerprint density at radius 1 is 1.24 bits per heavy atom. The molecule has 0 saturated carbocycles. The lowest BCUT2D eigenvalue weighted by atomic mass is 9.99. The molecule has 0 radical (unpaired) electrons. The number of nitrogens with zero attached hydrogens (tertiary/aromatic N) is 1. The molecule has 21 heavy (non-hydrogen) atoms. The zero-order valence-electron chi connectivity index (χ0n) is 13.2. The van der Waals surface area contributed by atoms with Crippen molar-refractivity contribution in [2.24, 2.45) is 5.92 Å². The van der Waals surface area contributed by atoms with E-state index in [0.717, 1.165) is 37.7 Å². The van der Waals surface area contributed by atoms with Crippen LogP contribution < -0.4 is 15.5 Å². The number of amides is 1. The first-order chi connectivity index (χ1) is 10.2. The van der Waals surface area contributed by atoms with Crippen molar-refractivity contribution in [1.29, 1.82) is 0 Å². The van der Waals surface area contributed by atoms with Crippen LogP contribution in [0.3, 0.4) is 0 Å². The Morgan fingerprint density at radius 3 is 2.52 bits per heavy atom. The zero-order chi connectivity index (χ0) is 15.1. The lowest BCUT2D eigenvalue weighted by Crippen LogP contribution is -2.32. The number of hydrogen-bond donors (Lipinski definition) is 2. The first kappa shape index (κ1) is 15.7. The molecule has 0 unspecified atom stereocenters. The number of carbonyl (C=O) groups is 1. The predicted octanol–water partition coefficient (Wildman–Crippen LogP) is 2.86. The smallest absolute Gasteiger partial charge is 0.239 e. The molecule has 1 aliphatic heterocycles. The summed E-state index contributed by atoms with van der Waals surface area (Å²) in [7, 11) is 0. The van der Waals surface area contributed by atoms with Crippen LogP contribution in [0.5, 0.6) is 0 Å². The number of hydrogen-bond acceptors (Lipinski definition) is 3. The molecule has 4 nitrogen and oxygen atoms in total. The third-order valence-electron chi connectivity index (χ3n) is 4.04. The second-order valence-electron chi connectivity index (χ2n) is 5.92. The summed E-state index contributed by atoms with van der Waals surface area (Å²) >= 11 is 0. The normalized spacial score (nSPS) is 15.8. The predicted molar refractivity (Wildman–Crippen MR) is 88.8 cm³/mol. The highest BCUT2D eigenvalue weighted by atomic mass is 16.1. The van der Waals surface area contributed by atoms with Gasteiger partial charge in [-0.3, -0.25) is 4.79 Å². The molecule has 4 heteroatoms. The number of carbonyl (C=O) groups excluding carboxylic acids is 1. The van der Waals surface area contributed by atoms with Gasteiger partial charge in [0.25, 0.3) is 0 Å². The van der Waals surface area contributed by atoms with E-state index in [2.05, 4.69) is 46.7 Å². The molecule has 2 rings (SSSR count). The van der Waals surface area contributed by atoms with Crippen LogP contribution in [-0.4, -0.2) is 32.1 Å². The van der Waals surface area contributed by atoms with Gasteiger partial charge in [-0.1, -0.05) is 13.8 Å². The maximum absolute atomic E-state index is 11.5. The van der Waals surface area contributed by atoms with E-state index in [-0.39, 0.29) is 5.91 Å². The van der Waals surface area contributed by atoms with E-state index in [0.29, 0.717) is 6.54 Å². The Labute approximate surface area is 127 Å². The molecule has 0 bridgehead atoms. The van der Waals surface area contributed by atoms with Crippen molar-refractivity contribution >= 4 is 17.3 Å². The van der Waals surface area contributed by atoms with Crippen molar-refractivity contribution in [2.45, 2.75) is 33.1 Å². The average Bonchev–Trinajstić information content (AvgIpc) is 2.52. The molecule has 1 heterocycles. The molecule has 0 aromatic heterocycles. The molecule has 1 aliphatic rings. The van der Waals surface area contributed by atoms with Crippen LogP contribution in [0.15, 0.2) is 24.3 Å². The summed E-state index contributed by atoms with van der Waals surface area (Å²) in [5.41, 5.74) is 2.28. The molecule has 1 aromatic rings. The van der Waals surface area contributed by atoms with E-state index >= 15 is 0 Å². The quantitative estimate of drug-likeness (QED) is 0.846. The van der Waals surface area contributed by atoms with Crippen molar-refractivity contribution in [3.8, 4) is 0 Å². The van der Waals surface area contributed by atoms with E-state index in [1.165, 1.54) is 18.5 Å². The number of rotatable bonds is 6. The molecule has 1 fully saturated rings. The molecule has 2 N–H and O–H groups in total. The topological polar surface area (TPSA) is 44.4 Å². The minimum Gasteiger partial charge on any atom is -0.376 e. The molecule has 0 aliphatic carbocycles. The molecule has 116 valence electrons. The first-order valence-corrected chi connectivity index (χ1v) is 8.04. The largest absolute Gasteiger partial charge is 0.376 e. The van der Waals surface area contributed by atoms with Crippen LogP contribution >= 0.6 is 0 Å². The van der Waals surface area contributed by atoms with Crippen LogP contribution in [-0.2, 0) is 4.79 Å². The van der Waals surface area contributed by atoms with Gasteiger partial charge in [-0.05, 0) is 49.4 Å². The molecular formula is C17H27N3O. The van der Waals surface area contributed by atoms with Crippen LogP contribution in [0.25, 0.3) is 0 Å². The van der Waals surface area contributed by atoms with Gasteiger partial charge in [-0.2, -0.15) is 0 Å². The molecule has 0 spiro atoms. The lowest BCUT2D eigenvalue weighted by Gasteiger charge is -2.32. The highest BCUT2D eigenvalue weighted by molar-refractivity contribution is 5.80. The van der Waals surface area contributed by atoms with Crippen LogP contribution in [0.2, 0.25) is 0 Å². The van der Waals surface area contributed by atoms with Gasteiger partial charge in [0.05, 0.1) is 6.54 Å². The number of benzene rings is 1. The van der Waals surface area contributed by atoms with Gasteiger partial charge in [-0.25, -0.2) is 0 Å². The average molecular weight is 289 g/mol. The van der Waals surface area contributed by atoms with Gasteiger partial charge in [-0.15, -0.1) is 0 Å². The monoisotopic (exact) mass is 289 g/mol. The Balaban J connectivity index is 1.80. The van der Waals surface area contributed by atoms with E-state index in [1.54, 1.807) is 0 Å². The third kappa shape index (κ3) is 4.96. The summed E-state index contributed by atoms with van der Waals surface area (Å²) in [5, 5.41) is 6.02. The first-order valence-electron chi connectivity index (χ1n) is 8.04. The SMILES string of the molecule is CCCNC(=O)CNc1ccc(N2CCC(C)CC2)cc1. The fourth-order valence-electron chi connectivity index (χ4n) is 2.57. The van der Waals surface area contributed by atoms with Crippen molar-refractivity contribution < 1.29 is 4.79 Å². The van der Waals surface area contributed by atoms with E-state index in [9.17, 15) is 4.79 Å². The van der Waals surface area contributed by atoms with Gasteiger partial charge in [0.1, 0.15) is 0 Å². The fraction of sp³-hybridized carbons (Fsp3) is 0.588. The van der Waals surface area contributed by atoms with Crippen molar-refractivity contribution in [3.05, 3.63) is 24.3 Å². The summed E-state index contributed by atoms with van der Waals surface area (Å²) in [6.07, 6.45) is 3.52. The Hall–Kier alpha value is -1.71. The fourth-order valence-corrected chi connectivity index (χ4v) is 2.57. The molecule has 1 aromatic carbocycles. The van der Waals surface area contributed by atoms with Crippen molar-refractivity contribution in [3.63, 3.8) is 0 Å². The summed E-state index contributed by atoms with van der Waals surface area (Å²) in [4.78, 5) is 14.0. The summed E-state index contributed by atoms with van der Waals surface area (Å²) in [5.74, 6) is 0.898. The van der Waals surface area contributed by atoms with Crippen molar-refractivity contribution in [2.75, 3.05) is 36.4 Å². The van der Waals surface area contributed by atoms with E-state index < -0.39 is 0 Å². The Bertz CT molecular complexity index is 436. The number of anilines is 2. The number of nitrogens with one attached hydrogen (secondary N) is 2. The highest BCUT2D eigenvalue weighted by Gasteiger charge is 2.15. The maximum atomic E-state index is 11.5. The van der Waals surface area contributed by atoms with Gasteiger partial charge < -0.3 is 15.5 Å². The maximum Gasteiger partial charge on any atom is 0.239 e. The molecule has 0 atom stereocenters. The summed E-state index contributed by atoms with van der Waals surface area (Å²) < 4.78 is 0. The van der Waals surface area contributed by atoms with Gasteiger partial charge >= 0.3 is 0 Å². The lowest BCUT2D eigenvalue weighted by molar-refractivity contribution is -0.119. The van der Waals surface area contributed by atoms with Gasteiger partial charge in [0.15, 0.2) is 0 Å². The molecular weight excluding hydrogens is 262 g/mol. The zero-order valence-corrected chi connectivity index (χ0v) is 13.2. The Morgan fingerprint density at radius 2 is 1.90 bits per heavy atom.